The molecule has 1 N–H and O–H groups in total. The minimum absolute atomic E-state index is 0.0967. The number of benzene rings is 2. The van der Waals surface area contributed by atoms with Gasteiger partial charge in [-0.25, -0.2) is 0 Å². The molecule has 1 heterocycles. The largest absolute Gasteiger partial charge is 0.508 e. The quantitative estimate of drug-likeness (QED) is 0.766. The zero-order valence-electron chi connectivity index (χ0n) is 14.0. The fourth-order valence-electron chi connectivity index (χ4n) is 3.03. The Morgan fingerprint density at radius 3 is 2.30 bits per heavy atom. The second-order valence-corrected chi connectivity index (χ2v) is 6.70. The summed E-state index contributed by atoms with van der Waals surface area (Å²) in [4.78, 5) is 1.65. The van der Waals surface area contributed by atoms with Gasteiger partial charge in [0, 0.05) is 5.56 Å². The van der Waals surface area contributed by atoms with Crippen molar-refractivity contribution in [1.82, 2.24) is 15.0 Å². The number of rotatable bonds is 5. The van der Waals surface area contributed by atoms with Crippen LogP contribution in [-0.4, -0.2) is 20.1 Å². The Hall–Kier alpha value is -2.36. The van der Waals surface area contributed by atoms with Crippen LogP contribution in [0.5, 0.6) is 5.75 Å². The summed E-state index contributed by atoms with van der Waals surface area (Å²) in [6, 6.07) is 13.7. The second-order valence-electron chi connectivity index (χ2n) is 6.70. The standard InChI is InChI=1S/C19H23N3O/c1-4-11-19(2,3)15-9-10-18(23)14(12-15)13-22-20-16-7-5-6-8-17(16)21-22/h5-10,12,23H,4,11,13H2,1-3H3. The Balaban J connectivity index is 1.92. The molecule has 0 bridgehead atoms. The summed E-state index contributed by atoms with van der Waals surface area (Å²) >= 11 is 0. The molecular formula is C19H23N3O. The SMILES string of the molecule is CCCC(C)(C)c1ccc(O)c(Cn2nc3ccccc3n2)c1. The van der Waals surface area contributed by atoms with E-state index >= 15 is 0 Å². The van der Waals surface area contributed by atoms with Crippen LogP contribution in [0.25, 0.3) is 11.0 Å². The lowest BCUT2D eigenvalue weighted by Gasteiger charge is -2.25. The van der Waals surface area contributed by atoms with Crippen LogP contribution in [0.4, 0.5) is 0 Å². The molecule has 0 amide bonds. The smallest absolute Gasteiger partial charge is 0.120 e. The number of phenols is 1. The van der Waals surface area contributed by atoms with Gasteiger partial charge in [-0.1, -0.05) is 45.4 Å². The van der Waals surface area contributed by atoms with Crippen molar-refractivity contribution >= 4 is 11.0 Å². The van der Waals surface area contributed by atoms with Crippen LogP contribution in [-0.2, 0) is 12.0 Å². The molecule has 0 radical (unpaired) electrons. The van der Waals surface area contributed by atoms with Gasteiger partial charge >= 0.3 is 0 Å². The predicted octanol–water partition coefficient (Wildman–Crippen LogP) is 4.26. The Morgan fingerprint density at radius 2 is 1.70 bits per heavy atom. The van der Waals surface area contributed by atoms with Gasteiger partial charge in [0.05, 0.1) is 6.54 Å². The van der Waals surface area contributed by atoms with Crippen LogP contribution in [0.15, 0.2) is 42.5 Å². The Morgan fingerprint density at radius 1 is 1.04 bits per heavy atom. The van der Waals surface area contributed by atoms with Gasteiger partial charge in [0.2, 0.25) is 0 Å². The fraction of sp³-hybridized carbons (Fsp3) is 0.368. The van der Waals surface area contributed by atoms with E-state index in [4.69, 9.17) is 0 Å². The number of hydrogen-bond acceptors (Lipinski definition) is 3. The van der Waals surface area contributed by atoms with Crippen molar-refractivity contribution in [2.45, 2.75) is 45.6 Å². The lowest BCUT2D eigenvalue weighted by Crippen LogP contribution is -2.17. The van der Waals surface area contributed by atoms with Crippen LogP contribution in [0.3, 0.4) is 0 Å². The number of nitrogens with zero attached hydrogens (tertiary/aromatic N) is 3. The molecule has 120 valence electrons. The average molecular weight is 309 g/mol. The molecule has 0 aliphatic rings. The molecule has 0 unspecified atom stereocenters. The number of phenolic OH excluding ortho intramolecular Hbond substituents is 1. The molecule has 0 aliphatic heterocycles. The van der Waals surface area contributed by atoms with Crippen molar-refractivity contribution in [2.24, 2.45) is 0 Å². The molecule has 3 aromatic rings. The Labute approximate surface area is 136 Å². The minimum atomic E-state index is 0.0967. The molecule has 2 aromatic carbocycles. The fourth-order valence-corrected chi connectivity index (χ4v) is 3.03. The summed E-state index contributed by atoms with van der Waals surface area (Å²) in [6.45, 7) is 7.15. The average Bonchev–Trinajstić information content (AvgIpc) is 2.91. The summed E-state index contributed by atoms with van der Waals surface area (Å²) in [6.07, 6.45) is 2.25. The highest BCUT2D eigenvalue weighted by Gasteiger charge is 2.20. The number of aromatic nitrogens is 3. The normalized spacial score (nSPS) is 12.0. The van der Waals surface area contributed by atoms with E-state index in [1.807, 2.05) is 30.3 Å². The van der Waals surface area contributed by atoms with Crippen molar-refractivity contribution in [2.75, 3.05) is 0 Å². The minimum Gasteiger partial charge on any atom is -0.508 e. The van der Waals surface area contributed by atoms with Crippen molar-refractivity contribution in [1.29, 1.82) is 0 Å². The van der Waals surface area contributed by atoms with Gasteiger partial charge in [0.15, 0.2) is 0 Å². The van der Waals surface area contributed by atoms with E-state index in [9.17, 15) is 5.11 Å². The zero-order valence-corrected chi connectivity index (χ0v) is 14.0. The van der Waals surface area contributed by atoms with E-state index in [0.717, 1.165) is 29.4 Å². The highest BCUT2D eigenvalue weighted by Crippen LogP contribution is 2.31. The molecule has 0 fully saturated rings. The van der Waals surface area contributed by atoms with E-state index in [1.165, 1.54) is 5.56 Å². The molecule has 0 atom stereocenters. The molecular weight excluding hydrogens is 286 g/mol. The molecule has 23 heavy (non-hydrogen) atoms. The van der Waals surface area contributed by atoms with Gasteiger partial charge in [-0.2, -0.15) is 15.0 Å². The first-order chi connectivity index (χ1) is 11.0. The molecule has 0 saturated carbocycles. The van der Waals surface area contributed by atoms with Gasteiger partial charge < -0.3 is 5.11 Å². The summed E-state index contributed by atoms with van der Waals surface area (Å²) in [5.74, 6) is 0.294. The molecule has 4 nitrogen and oxygen atoms in total. The molecule has 0 spiro atoms. The van der Waals surface area contributed by atoms with Crippen molar-refractivity contribution in [3.63, 3.8) is 0 Å². The van der Waals surface area contributed by atoms with Gasteiger partial charge in [-0.3, -0.25) is 0 Å². The third-order valence-corrected chi connectivity index (χ3v) is 4.38. The summed E-state index contributed by atoms with van der Waals surface area (Å²) in [7, 11) is 0. The van der Waals surface area contributed by atoms with Gasteiger partial charge in [0.1, 0.15) is 16.8 Å². The third-order valence-electron chi connectivity index (χ3n) is 4.38. The first kappa shape index (κ1) is 15.5. The monoisotopic (exact) mass is 309 g/mol. The third kappa shape index (κ3) is 3.21. The molecule has 1 aromatic heterocycles. The maximum atomic E-state index is 10.2. The summed E-state index contributed by atoms with van der Waals surface area (Å²) < 4.78 is 0. The van der Waals surface area contributed by atoms with Crippen LogP contribution in [0.2, 0.25) is 0 Å². The topological polar surface area (TPSA) is 50.9 Å². The van der Waals surface area contributed by atoms with Crippen LogP contribution < -0.4 is 0 Å². The van der Waals surface area contributed by atoms with E-state index < -0.39 is 0 Å². The number of hydrogen-bond donors (Lipinski definition) is 1. The lowest BCUT2D eigenvalue weighted by atomic mass is 9.80. The second kappa shape index (κ2) is 6.03. The van der Waals surface area contributed by atoms with E-state index in [2.05, 4.69) is 37.0 Å². The molecule has 0 saturated heterocycles. The maximum absolute atomic E-state index is 10.2. The summed E-state index contributed by atoms with van der Waals surface area (Å²) in [5, 5.41) is 19.1. The lowest BCUT2D eigenvalue weighted by molar-refractivity contribution is 0.451. The van der Waals surface area contributed by atoms with Gasteiger partial charge in [-0.15, -0.1) is 0 Å². The predicted molar refractivity (Wildman–Crippen MR) is 92.7 cm³/mol. The summed E-state index contributed by atoms with van der Waals surface area (Å²) in [5.41, 5.74) is 3.93. The Bertz CT molecular complexity index is 787. The van der Waals surface area contributed by atoms with Crippen molar-refractivity contribution in [3.8, 4) is 5.75 Å². The first-order valence-corrected chi connectivity index (χ1v) is 8.12. The molecule has 4 heteroatoms. The molecule has 3 rings (SSSR count). The number of aromatic hydroxyl groups is 1. The van der Waals surface area contributed by atoms with E-state index in [-0.39, 0.29) is 5.41 Å². The highest BCUT2D eigenvalue weighted by molar-refractivity contribution is 5.73. The van der Waals surface area contributed by atoms with E-state index in [1.54, 1.807) is 10.9 Å². The van der Waals surface area contributed by atoms with Crippen LogP contribution in [0, 0.1) is 0 Å². The molecule has 0 aliphatic carbocycles. The van der Waals surface area contributed by atoms with Crippen LogP contribution >= 0.6 is 0 Å². The van der Waals surface area contributed by atoms with Crippen molar-refractivity contribution < 1.29 is 5.11 Å². The van der Waals surface area contributed by atoms with Crippen molar-refractivity contribution in [3.05, 3.63) is 53.6 Å². The number of fused-ring (bicyclic) bond motifs is 1. The highest BCUT2D eigenvalue weighted by atomic mass is 16.3. The van der Waals surface area contributed by atoms with Gasteiger partial charge in [0.25, 0.3) is 0 Å². The zero-order chi connectivity index (χ0) is 16.4. The van der Waals surface area contributed by atoms with E-state index in [0.29, 0.717) is 12.3 Å². The first-order valence-electron chi connectivity index (χ1n) is 8.12. The Kier molecular flexibility index (Phi) is 4.07. The van der Waals surface area contributed by atoms with Crippen LogP contribution in [0.1, 0.15) is 44.7 Å². The van der Waals surface area contributed by atoms with Gasteiger partial charge in [-0.05, 0) is 41.7 Å². The maximum Gasteiger partial charge on any atom is 0.120 e.